The maximum absolute atomic E-state index is 13.5. The van der Waals surface area contributed by atoms with Crippen LogP contribution in [0.1, 0.15) is 17.0 Å². The Morgan fingerprint density at radius 3 is 2.37 bits per heavy atom. The van der Waals surface area contributed by atoms with Gasteiger partial charge < -0.3 is 9.88 Å². The average molecular weight is 509 g/mol. The number of hydrogen-bond donors (Lipinski definition) is 1. The number of hydrogen-bond acceptors (Lipinski definition) is 4. The van der Waals surface area contributed by atoms with E-state index in [-0.39, 0.29) is 18.0 Å². The van der Waals surface area contributed by atoms with Gasteiger partial charge in [-0.3, -0.25) is 9.10 Å². The Kier molecular flexibility index (Phi) is 7.23. The lowest BCUT2D eigenvalue weighted by Gasteiger charge is -2.25. The van der Waals surface area contributed by atoms with E-state index >= 15 is 0 Å². The fourth-order valence-corrected chi connectivity index (χ4v) is 5.40. The van der Waals surface area contributed by atoms with Crippen molar-refractivity contribution in [1.82, 2.24) is 14.9 Å². The van der Waals surface area contributed by atoms with E-state index in [1.807, 2.05) is 48.0 Å². The van der Waals surface area contributed by atoms with Gasteiger partial charge in [0, 0.05) is 24.0 Å². The molecule has 3 aromatic carbocycles. The molecule has 0 fully saturated rings. The molecule has 35 heavy (non-hydrogen) atoms. The third kappa shape index (κ3) is 5.39. The summed E-state index contributed by atoms with van der Waals surface area (Å²) in [6.45, 7) is 3.57. The Balaban J connectivity index is 1.59. The molecule has 4 rings (SSSR count). The van der Waals surface area contributed by atoms with Crippen molar-refractivity contribution in [3.8, 4) is 5.69 Å². The number of para-hydroxylation sites is 2. The summed E-state index contributed by atoms with van der Waals surface area (Å²) in [6.07, 6.45) is 3.57. The molecule has 0 unspecified atom stereocenters. The number of carbonyl (C=O) groups is 1. The maximum Gasteiger partial charge on any atom is 0.264 e. The SMILES string of the molecule is Cc1ccccc1N(CC(=O)NCc1ccccc1-n1ccnc1C)S(=O)(=O)c1ccc(Cl)cc1. The molecule has 1 heterocycles. The van der Waals surface area contributed by atoms with Crippen LogP contribution in [-0.4, -0.2) is 30.4 Å². The van der Waals surface area contributed by atoms with Crippen LogP contribution in [-0.2, 0) is 21.4 Å². The van der Waals surface area contributed by atoms with E-state index in [2.05, 4.69) is 10.3 Å². The molecule has 0 radical (unpaired) electrons. The molecule has 180 valence electrons. The highest BCUT2D eigenvalue weighted by Gasteiger charge is 2.28. The van der Waals surface area contributed by atoms with Gasteiger partial charge in [0.05, 0.1) is 16.3 Å². The number of anilines is 1. The summed E-state index contributed by atoms with van der Waals surface area (Å²) in [5.41, 5.74) is 2.95. The van der Waals surface area contributed by atoms with Gasteiger partial charge >= 0.3 is 0 Å². The smallest absolute Gasteiger partial charge is 0.264 e. The van der Waals surface area contributed by atoms with Crippen LogP contribution in [0.4, 0.5) is 5.69 Å². The van der Waals surface area contributed by atoms with Crippen molar-refractivity contribution in [2.75, 3.05) is 10.8 Å². The minimum atomic E-state index is -4.02. The van der Waals surface area contributed by atoms with Crippen LogP contribution in [0, 0.1) is 13.8 Å². The second-order valence-corrected chi connectivity index (χ2v) is 10.3. The van der Waals surface area contributed by atoms with Crippen LogP contribution in [0.2, 0.25) is 5.02 Å². The predicted octanol–water partition coefficient (Wildman–Crippen LogP) is 4.65. The molecule has 1 aromatic heterocycles. The van der Waals surface area contributed by atoms with Gasteiger partial charge in [0.25, 0.3) is 10.0 Å². The lowest BCUT2D eigenvalue weighted by molar-refractivity contribution is -0.119. The number of imidazole rings is 1. The molecule has 0 aliphatic rings. The fourth-order valence-electron chi connectivity index (χ4n) is 3.78. The van der Waals surface area contributed by atoms with E-state index in [9.17, 15) is 13.2 Å². The number of benzene rings is 3. The molecular weight excluding hydrogens is 484 g/mol. The van der Waals surface area contributed by atoms with Crippen molar-refractivity contribution in [3.63, 3.8) is 0 Å². The number of amides is 1. The zero-order valence-electron chi connectivity index (χ0n) is 19.3. The van der Waals surface area contributed by atoms with Crippen molar-refractivity contribution in [2.45, 2.75) is 25.3 Å². The van der Waals surface area contributed by atoms with Gasteiger partial charge in [0.1, 0.15) is 12.4 Å². The number of nitrogens with one attached hydrogen (secondary N) is 1. The number of rotatable bonds is 8. The van der Waals surface area contributed by atoms with Crippen molar-refractivity contribution in [3.05, 3.63) is 107 Å². The van der Waals surface area contributed by atoms with E-state index in [1.54, 1.807) is 31.3 Å². The first-order valence-corrected chi connectivity index (χ1v) is 12.8. The first kappa shape index (κ1) is 24.5. The summed E-state index contributed by atoms with van der Waals surface area (Å²) in [6, 6.07) is 20.6. The predicted molar refractivity (Wildman–Crippen MR) is 137 cm³/mol. The highest BCUT2D eigenvalue weighted by Crippen LogP contribution is 2.27. The maximum atomic E-state index is 13.5. The third-order valence-corrected chi connectivity index (χ3v) is 7.65. The number of aromatic nitrogens is 2. The van der Waals surface area contributed by atoms with Gasteiger partial charge in [-0.25, -0.2) is 13.4 Å². The standard InChI is InChI=1S/C26H25ClN4O3S/c1-19-7-3-5-9-24(19)31(35(33,34)23-13-11-22(27)12-14-23)18-26(32)29-17-21-8-4-6-10-25(21)30-16-15-28-20(30)2/h3-16H,17-18H2,1-2H3,(H,29,32). The topological polar surface area (TPSA) is 84.3 Å². The third-order valence-electron chi connectivity index (χ3n) is 5.63. The molecule has 0 atom stereocenters. The highest BCUT2D eigenvalue weighted by molar-refractivity contribution is 7.92. The van der Waals surface area contributed by atoms with Gasteiger partial charge in [-0.2, -0.15) is 0 Å². The molecule has 7 nitrogen and oxygen atoms in total. The Labute approximate surface area is 210 Å². The summed E-state index contributed by atoms with van der Waals surface area (Å²) in [7, 11) is -4.02. The molecule has 0 spiro atoms. The molecular formula is C26H25ClN4O3S. The van der Waals surface area contributed by atoms with Crippen molar-refractivity contribution in [2.24, 2.45) is 0 Å². The quantitative estimate of drug-likeness (QED) is 0.375. The van der Waals surface area contributed by atoms with Crippen molar-refractivity contribution >= 4 is 33.2 Å². The van der Waals surface area contributed by atoms with Crippen LogP contribution in [0.3, 0.4) is 0 Å². The fraction of sp³-hybridized carbons (Fsp3) is 0.154. The Morgan fingerprint density at radius 2 is 1.69 bits per heavy atom. The number of carbonyl (C=O) groups excluding carboxylic acids is 1. The van der Waals surface area contributed by atoms with Crippen molar-refractivity contribution in [1.29, 1.82) is 0 Å². The average Bonchev–Trinajstić information content (AvgIpc) is 3.27. The van der Waals surface area contributed by atoms with Crippen LogP contribution in [0.15, 0.2) is 90.1 Å². The van der Waals surface area contributed by atoms with E-state index in [1.165, 1.54) is 24.3 Å². The van der Waals surface area contributed by atoms with E-state index in [0.717, 1.165) is 26.9 Å². The molecule has 0 bridgehead atoms. The molecule has 0 saturated carbocycles. The van der Waals surface area contributed by atoms with E-state index in [0.29, 0.717) is 10.7 Å². The number of sulfonamides is 1. The molecule has 4 aromatic rings. The lowest BCUT2D eigenvalue weighted by Crippen LogP contribution is -2.41. The minimum absolute atomic E-state index is 0.0545. The van der Waals surface area contributed by atoms with E-state index in [4.69, 9.17) is 11.6 Å². The Bertz CT molecular complexity index is 1450. The molecule has 0 aliphatic carbocycles. The van der Waals surface area contributed by atoms with Gasteiger partial charge in [0.2, 0.25) is 5.91 Å². The highest BCUT2D eigenvalue weighted by atomic mass is 35.5. The van der Waals surface area contributed by atoms with E-state index < -0.39 is 15.9 Å². The van der Waals surface area contributed by atoms with Crippen LogP contribution >= 0.6 is 11.6 Å². The zero-order valence-corrected chi connectivity index (χ0v) is 20.9. The van der Waals surface area contributed by atoms with Crippen molar-refractivity contribution < 1.29 is 13.2 Å². The van der Waals surface area contributed by atoms with Gasteiger partial charge in [-0.15, -0.1) is 0 Å². The monoisotopic (exact) mass is 508 g/mol. The van der Waals surface area contributed by atoms with Gasteiger partial charge in [-0.1, -0.05) is 48.0 Å². The number of aryl methyl sites for hydroxylation is 2. The molecule has 9 heteroatoms. The second kappa shape index (κ2) is 10.3. The summed E-state index contributed by atoms with van der Waals surface area (Å²) >= 11 is 5.95. The van der Waals surface area contributed by atoms with Gasteiger partial charge in [-0.05, 0) is 61.4 Å². The first-order valence-electron chi connectivity index (χ1n) is 11.0. The number of nitrogens with zero attached hydrogens (tertiary/aromatic N) is 3. The summed E-state index contributed by atoms with van der Waals surface area (Å²) in [4.78, 5) is 17.4. The Hall–Kier alpha value is -3.62. The summed E-state index contributed by atoms with van der Waals surface area (Å²) in [5, 5.41) is 3.30. The number of halogens is 1. The molecule has 1 N–H and O–H groups in total. The van der Waals surface area contributed by atoms with Gasteiger partial charge in [0.15, 0.2) is 0 Å². The first-order chi connectivity index (χ1) is 16.8. The lowest BCUT2D eigenvalue weighted by atomic mass is 10.1. The summed E-state index contributed by atoms with van der Waals surface area (Å²) < 4.78 is 30.2. The second-order valence-electron chi connectivity index (χ2n) is 8.00. The largest absolute Gasteiger partial charge is 0.350 e. The normalized spacial score (nSPS) is 11.3. The van der Waals surface area contributed by atoms with Crippen LogP contribution in [0.5, 0.6) is 0 Å². The molecule has 0 aliphatic heterocycles. The molecule has 0 saturated heterocycles. The van der Waals surface area contributed by atoms with Crippen LogP contribution < -0.4 is 9.62 Å². The Morgan fingerprint density at radius 1 is 1.00 bits per heavy atom. The zero-order chi connectivity index (χ0) is 25.0. The summed E-state index contributed by atoms with van der Waals surface area (Å²) in [5.74, 6) is 0.395. The minimum Gasteiger partial charge on any atom is -0.350 e. The molecule has 1 amide bonds. The van der Waals surface area contributed by atoms with Crippen LogP contribution in [0.25, 0.3) is 5.69 Å².